The van der Waals surface area contributed by atoms with Crippen molar-refractivity contribution in [1.82, 2.24) is 29.1 Å². The molecule has 0 atom stereocenters. The Balaban J connectivity index is 0.000000505. The highest BCUT2D eigenvalue weighted by Crippen LogP contribution is 2.28. The maximum atomic E-state index is 13.6. The molecule has 1 saturated heterocycles. The summed E-state index contributed by atoms with van der Waals surface area (Å²) in [4.78, 5) is 21.9. The number of hydrogen-bond donors (Lipinski definition) is 2. The SMILES string of the molecule is Cc1nn(C)c(Cl)c1S(=O)(=O)O.Cn1c(C(=O)N2CCN(Cc3ccc(OCC(F)(F)F)cc3)CC2)cc2ccc(Oc3ccc(CCCCCCCCCCN)cn3)cc21. The van der Waals surface area contributed by atoms with Crippen LogP contribution in [-0.4, -0.2) is 93.5 Å². The van der Waals surface area contributed by atoms with Crippen molar-refractivity contribution in [3.63, 3.8) is 0 Å². The van der Waals surface area contributed by atoms with Crippen LogP contribution in [0.25, 0.3) is 10.9 Å². The summed E-state index contributed by atoms with van der Waals surface area (Å²) >= 11 is 5.56. The summed E-state index contributed by atoms with van der Waals surface area (Å²) in [5.41, 5.74) is 9.44. The van der Waals surface area contributed by atoms with Gasteiger partial charge in [0.15, 0.2) is 11.5 Å². The lowest BCUT2D eigenvalue weighted by atomic mass is 10.1. The van der Waals surface area contributed by atoms with Gasteiger partial charge in [0.1, 0.15) is 22.3 Å². The Morgan fingerprint density at radius 2 is 1.49 bits per heavy atom. The van der Waals surface area contributed by atoms with Gasteiger partial charge in [-0.05, 0) is 74.2 Å². The fraction of sp³-hybridized carbons (Fsp3) is 0.465. The van der Waals surface area contributed by atoms with Crippen molar-refractivity contribution in [3.05, 3.63) is 94.5 Å². The zero-order valence-corrected chi connectivity index (χ0v) is 36.4. The number of hydrogen-bond acceptors (Lipinski definition) is 9. The second kappa shape index (κ2) is 21.9. The molecule has 18 heteroatoms. The molecular weight excluding hydrogens is 835 g/mol. The van der Waals surface area contributed by atoms with Gasteiger partial charge in [-0.25, -0.2) is 4.98 Å². The molecule has 1 aliphatic rings. The van der Waals surface area contributed by atoms with Crippen LogP contribution >= 0.6 is 11.6 Å². The van der Waals surface area contributed by atoms with Crippen LogP contribution < -0.4 is 15.2 Å². The highest BCUT2D eigenvalue weighted by atomic mass is 35.5. The molecule has 4 heterocycles. The average molecular weight is 890 g/mol. The minimum absolute atomic E-state index is 0.0215. The smallest absolute Gasteiger partial charge is 0.422 e. The van der Waals surface area contributed by atoms with Crippen molar-refractivity contribution < 1.29 is 40.4 Å². The maximum Gasteiger partial charge on any atom is 0.422 e. The number of piperazine rings is 1. The van der Waals surface area contributed by atoms with Crippen LogP contribution in [0.1, 0.15) is 78.7 Å². The number of ether oxygens (including phenoxy) is 2. The van der Waals surface area contributed by atoms with Gasteiger partial charge in [-0.15, -0.1) is 0 Å². The Kier molecular flexibility index (Phi) is 17.0. The van der Waals surface area contributed by atoms with E-state index < -0.39 is 22.9 Å². The number of halogens is 4. The number of carbonyl (C=O) groups excluding carboxylic acids is 1. The summed E-state index contributed by atoms with van der Waals surface area (Å²) in [5.74, 6) is 1.36. The highest BCUT2D eigenvalue weighted by Gasteiger charge is 2.29. The molecule has 5 aromatic rings. The van der Waals surface area contributed by atoms with Crippen LogP contribution in [0.3, 0.4) is 0 Å². The van der Waals surface area contributed by atoms with Crippen molar-refractivity contribution >= 4 is 38.5 Å². The third-order valence-electron chi connectivity index (χ3n) is 10.4. The van der Waals surface area contributed by atoms with Crippen molar-refractivity contribution in [2.45, 2.75) is 82.3 Å². The van der Waals surface area contributed by atoms with E-state index in [2.05, 4.69) is 21.0 Å². The van der Waals surface area contributed by atoms with Crippen LogP contribution in [-0.2, 0) is 37.2 Å². The van der Waals surface area contributed by atoms with Gasteiger partial charge >= 0.3 is 6.18 Å². The van der Waals surface area contributed by atoms with E-state index in [1.54, 1.807) is 24.3 Å². The number of nitrogens with two attached hydrogens (primary N) is 1. The molecule has 0 unspecified atom stereocenters. The van der Waals surface area contributed by atoms with Gasteiger partial charge in [0, 0.05) is 70.5 Å². The topological polar surface area (TPSA) is 158 Å². The van der Waals surface area contributed by atoms with Gasteiger partial charge < -0.3 is 24.7 Å². The number of nitrogens with zero attached hydrogens (tertiary/aromatic N) is 6. The van der Waals surface area contributed by atoms with E-state index >= 15 is 0 Å². The molecule has 2 aromatic carbocycles. The predicted molar refractivity (Wildman–Crippen MR) is 229 cm³/mol. The fourth-order valence-corrected chi connectivity index (χ4v) is 8.37. The summed E-state index contributed by atoms with van der Waals surface area (Å²) in [5, 5.41) is 4.59. The van der Waals surface area contributed by atoms with Crippen molar-refractivity contribution in [2.75, 3.05) is 39.3 Å². The van der Waals surface area contributed by atoms with E-state index in [1.807, 2.05) is 53.0 Å². The third kappa shape index (κ3) is 14.2. The lowest BCUT2D eigenvalue weighted by molar-refractivity contribution is -0.153. The zero-order chi connectivity index (χ0) is 44.2. The number of pyridine rings is 1. The lowest BCUT2D eigenvalue weighted by Crippen LogP contribution is -2.48. The average Bonchev–Trinajstić information content (AvgIpc) is 3.69. The molecule has 1 aliphatic heterocycles. The third-order valence-corrected chi connectivity index (χ3v) is 12.0. The Labute approximate surface area is 360 Å². The first-order valence-corrected chi connectivity index (χ1v) is 22.2. The zero-order valence-electron chi connectivity index (χ0n) is 34.8. The number of rotatable bonds is 18. The number of fused-ring (bicyclic) bond motifs is 1. The van der Waals surface area contributed by atoms with Crippen molar-refractivity contribution in [2.24, 2.45) is 19.8 Å². The molecule has 0 bridgehead atoms. The van der Waals surface area contributed by atoms with E-state index in [0.29, 0.717) is 50.0 Å². The van der Waals surface area contributed by atoms with Gasteiger partial charge in [-0.2, -0.15) is 26.7 Å². The Morgan fingerprint density at radius 1 is 0.869 bits per heavy atom. The van der Waals surface area contributed by atoms with E-state index in [1.165, 1.54) is 62.7 Å². The summed E-state index contributed by atoms with van der Waals surface area (Å²) in [7, 11) is -0.873. The van der Waals surface area contributed by atoms with Gasteiger partial charge in [0.2, 0.25) is 5.88 Å². The molecule has 0 radical (unpaired) electrons. The Bertz CT molecular complexity index is 2290. The molecule has 332 valence electrons. The monoisotopic (exact) mass is 889 g/mol. The number of aryl methyl sites for hydroxylation is 4. The molecule has 0 aliphatic carbocycles. The van der Waals surface area contributed by atoms with Crippen LogP contribution in [0.4, 0.5) is 13.2 Å². The van der Waals surface area contributed by atoms with Crippen molar-refractivity contribution in [1.29, 1.82) is 0 Å². The normalized spacial score (nSPS) is 13.6. The number of carbonyl (C=O) groups is 1. The first kappa shape index (κ1) is 47.4. The van der Waals surface area contributed by atoms with Crippen LogP contribution in [0.5, 0.6) is 17.4 Å². The van der Waals surface area contributed by atoms with Gasteiger partial charge in [-0.3, -0.25) is 18.9 Å². The minimum Gasteiger partial charge on any atom is -0.484 e. The molecule has 13 nitrogen and oxygen atoms in total. The highest BCUT2D eigenvalue weighted by molar-refractivity contribution is 7.86. The van der Waals surface area contributed by atoms with E-state index in [0.717, 1.165) is 42.3 Å². The van der Waals surface area contributed by atoms with Crippen LogP contribution in [0.2, 0.25) is 5.15 Å². The second-order valence-electron chi connectivity index (χ2n) is 15.2. The van der Waals surface area contributed by atoms with Gasteiger partial charge in [-0.1, -0.05) is 68.3 Å². The van der Waals surface area contributed by atoms with Gasteiger partial charge in [0.25, 0.3) is 16.0 Å². The fourth-order valence-electron chi connectivity index (χ4n) is 7.14. The van der Waals surface area contributed by atoms with Gasteiger partial charge in [0.05, 0.1) is 11.2 Å². The largest absolute Gasteiger partial charge is 0.484 e. The maximum absolute atomic E-state index is 13.6. The number of unbranched alkanes of at least 4 members (excludes halogenated alkanes) is 7. The summed E-state index contributed by atoms with van der Waals surface area (Å²) in [6, 6.07) is 18.4. The summed E-state index contributed by atoms with van der Waals surface area (Å²) < 4.78 is 81.3. The number of alkyl halides is 3. The predicted octanol–water partition coefficient (Wildman–Crippen LogP) is 8.52. The lowest BCUT2D eigenvalue weighted by Gasteiger charge is -2.34. The molecule has 61 heavy (non-hydrogen) atoms. The number of amides is 1. The molecule has 1 fully saturated rings. The molecular formula is C43H55ClF3N7O6S. The molecule has 3 aromatic heterocycles. The quantitative estimate of drug-likeness (QED) is 0.0646. The van der Waals surface area contributed by atoms with Crippen LogP contribution in [0, 0.1) is 6.92 Å². The standard InChI is InChI=1S/C38H48F3N5O3.C5H7ClN2O3S/c1-44-34-25-33(49-36-18-13-29(26-43-36)10-8-6-4-2-3-5-7-9-19-42)17-14-31(34)24-35(44)37(47)46-22-20-45(21-23-46)27-30-11-15-32(16-12-30)48-28-38(39,40)41;1-3-4(12(9,10)11)5(6)8(2)7-3/h11-18,24-26H,2-10,19-23,27-28,42H2,1H3;1-2H3,(H,9,10,11). The summed E-state index contributed by atoms with van der Waals surface area (Å²) in [6.07, 6.45) is 8.49. The van der Waals surface area contributed by atoms with E-state index in [-0.39, 0.29) is 27.4 Å². The molecule has 6 rings (SSSR count). The van der Waals surface area contributed by atoms with Crippen molar-refractivity contribution in [3.8, 4) is 17.4 Å². The Morgan fingerprint density at radius 3 is 2.05 bits per heavy atom. The number of aromatic nitrogens is 4. The first-order chi connectivity index (χ1) is 29.0. The van der Waals surface area contributed by atoms with E-state index in [9.17, 15) is 26.4 Å². The molecule has 3 N–H and O–H groups in total. The van der Waals surface area contributed by atoms with E-state index in [4.69, 9.17) is 31.4 Å². The second-order valence-corrected chi connectivity index (χ2v) is 16.9. The van der Waals surface area contributed by atoms with Crippen LogP contribution in [0.15, 0.2) is 71.8 Å². The molecule has 0 spiro atoms. The Hall–Kier alpha value is -4.68. The summed E-state index contributed by atoms with van der Waals surface area (Å²) in [6.45, 7) is 4.15. The molecule has 1 amide bonds. The number of benzene rings is 2. The minimum atomic E-state index is -4.37. The molecule has 0 saturated carbocycles. The first-order valence-electron chi connectivity index (χ1n) is 20.4.